The number of aliphatic hydroxyl groups excluding tert-OH is 1. The number of aliphatic hydroxyl groups is 1. The largest absolute Gasteiger partial charge is 0.391 e. The van der Waals surface area contributed by atoms with Gasteiger partial charge >= 0.3 is 0 Å². The molecule has 1 aliphatic heterocycles. The molecule has 0 bridgehead atoms. The van der Waals surface area contributed by atoms with Gasteiger partial charge < -0.3 is 15.3 Å². The van der Waals surface area contributed by atoms with E-state index >= 15 is 0 Å². The fourth-order valence-corrected chi connectivity index (χ4v) is 2.98. The molecule has 1 aromatic carbocycles. The number of likely N-dealkylation sites (tertiary alicyclic amines) is 1. The number of aromatic nitrogens is 1. The van der Waals surface area contributed by atoms with Gasteiger partial charge in [0.2, 0.25) is 5.91 Å². The highest BCUT2D eigenvalue weighted by Crippen LogP contribution is 2.21. The molecule has 3 rings (SSSR count). The van der Waals surface area contributed by atoms with Crippen molar-refractivity contribution in [1.82, 2.24) is 15.2 Å². The van der Waals surface area contributed by atoms with Gasteiger partial charge in [-0.15, -0.1) is 0 Å². The van der Waals surface area contributed by atoms with E-state index in [9.17, 15) is 14.7 Å². The van der Waals surface area contributed by atoms with Crippen molar-refractivity contribution in [1.29, 1.82) is 0 Å². The number of nitrogens with one attached hydrogen (secondary N) is 1. The highest BCUT2D eigenvalue weighted by atomic mass is 35.5. The number of nitrogens with zero attached hydrogens (tertiary/aromatic N) is 2. The first-order chi connectivity index (χ1) is 12.0. The molecular formula is C18H18ClN3O3. The molecule has 25 heavy (non-hydrogen) atoms. The van der Waals surface area contributed by atoms with Crippen molar-refractivity contribution in [2.75, 3.05) is 6.54 Å². The van der Waals surface area contributed by atoms with Crippen molar-refractivity contribution >= 4 is 23.4 Å². The molecule has 1 fully saturated rings. The van der Waals surface area contributed by atoms with Crippen LogP contribution in [0.1, 0.15) is 22.3 Å². The highest BCUT2D eigenvalue weighted by Gasteiger charge is 2.39. The molecule has 130 valence electrons. The quantitative estimate of drug-likeness (QED) is 0.869. The normalized spacial score (nSPS) is 19.7. The van der Waals surface area contributed by atoms with Crippen LogP contribution in [0, 0.1) is 0 Å². The summed E-state index contributed by atoms with van der Waals surface area (Å²) < 4.78 is 0. The zero-order valence-corrected chi connectivity index (χ0v) is 14.2. The Morgan fingerprint density at radius 1 is 1.28 bits per heavy atom. The number of β-amino-alcohol motifs (C(OH)–C–C–N with tert-alkyl or cyclic N) is 1. The molecule has 0 radical (unpaired) electrons. The maximum Gasteiger partial charge on any atom is 0.256 e. The first-order valence-corrected chi connectivity index (χ1v) is 8.33. The van der Waals surface area contributed by atoms with Gasteiger partial charge in [-0.1, -0.05) is 23.7 Å². The molecule has 2 aromatic rings. The van der Waals surface area contributed by atoms with E-state index in [1.165, 1.54) is 11.1 Å². The summed E-state index contributed by atoms with van der Waals surface area (Å²) in [6.45, 7) is 0.463. The second-order valence-electron chi connectivity index (χ2n) is 5.95. The number of benzene rings is 1. The van der Waals surface area contributed by atoms with Gasteiger partial charge in [0.15, 0.2) is 0 Å². The Balaban J connectivity index is 1.67. The fourth-order valence-electron chi connectivity index (χ4n) is 2.85. The van der Waals surface area contributed by atoms with E-state index in [4.69, 9.17) is 11.6 Å². The Labute approximate surface area is 150 Å². The minimum absolute atomic E-state index is 0.132. The average Bonchev–Trinajstić information content (AvgIpc) is 3.03. The molecule has 0 saturated carbocycles. The maximum atomic E-state index is 12.6. The Bertz CT molecular complexity index is 752. The van der Waals surface area contributed by atoms with E-state index in [1.807, 2.05) is 12.1 Å². The van der Waals surface area contributed by atoms with Gasteiger partial charge in [0, 0.05) is 36.9 Å². The van der Waals surface area contributed by atoms with Gasteiger partial charge in [-0.25, -0.2) is 0 Å². The molecule has 1 saturated heterocycles. The van der Waals surface area contributed by atoms with Crippen LogP contribution < -0.4 is 5.32 Å². The minimum atomic E-state index is -0.716. The molecule has 7 heteroatoms. The van der Waals surface area contributed by atoms with Gasteiger partial charge in [0.25, 0.3) is 5.91 Å². The monoisotopic (exact) mass is 359 g/mol. The highest BCUT2D eigenvalue weighted by molar-refractivity contribution is 6.30. The van der Waals surface area contributed by atoms with Gasteiger partial charge in [-0.2, -0.15) is 0 Å². The predicted molar refractivity (Wildman–Crippen MR) is 93.0 cm³/mol. The summed E-state index contributed by atoms with van der Waals surface area (Å²) in [7, 11) is 0. The third-order valence-electron chi connectivity index (χ3n) is 4.13. The first-order valence-electron chi connectivity index (χ1n) is 7.96. The van der Waals surface area contributed by atoms with Crippen molar-refractivity contribution in [3.63, 3.8) is 0 Å². The van der Waals surface area contributed by atoms with E-state index in [2.05, 4.69) is 10.3 Å². The molecule has 2 N–H and O–H groups in total. The van der Waals surface area contributed by atoms with E-state index in [0.717, 1.165) is 5.56 Å². The summed E-state index contributed by atoms with van der Waals surface area (Å²) in [5, 5.41) is 13.4. The number of carbonyl (C=O) groups is 2. The Morgan fingerprint density at radius 3 is 2.72 bits per heavy atom. The van der Waals surface area contributed by atoms with Crippen LogP contribution in [-0.4, -0.2) is 45.5 Å². The van der Waals surface area contributed by atoms with Crippen molar-refractivity contribution < 1.29 is 14.7 Å². The number of hydrogen-bond acceptors (Lipinski definition) is 4. The second-order valence-corrected chi connectivity index (χ2v) is 6.39. The number of carbonyl (C=O) groups excluding carboxylic acids is 2. The lowest BCUT2D eigenvalue weighted by atomic mass is 10.1. The molecule has 0 spiro atoms. The lowest BCUT2D eigenvalue weighted by Gasteiger charge is -2.23. The van der Waals surface area contributed by atoms with Crippen molar-refractivity contribution in [3.8, 4) is 0 Å². The Kier molecular flexibility index (Phi) is 5.31. The van der Waals surface area contributed by atoms with E-state index in [0.29, 0.717) is 17.1 Å². The van der Waals surface area contributed by atoms with Crippen LogP contribution in [0.3, 0.4) is 0 Å². The van der Waals surface area contributed by atoms with Crippen LogP contribution in [0.25, 0.3) is 0 Å². The summed E-state index contributed by atoms with van der Waals surface area (Å²) in [5.74, 6) is -0.597. The minimum Gasteiger partial charge on any atom is -0.391 e. The maximum absolute atomic E-state index is 12.6. The molecule has 2 atom stereocenters. The van der Waals surface area contributed by atoms with Crippen molar-refractivity contribution in [2.45, 2.75) is 25.1 Å². The van der Waals surface area contributed by atoms with Crippen LogP contribution in [0.2, 0.25) is 5.02 Å². The summed E-state index contributed by atoms with van der Waals surface area (Å²) >= 11 is 5.84. The average molecular weight is 360 g/mol. The summed E-state index contributed by atoms with van der Waals surface area (Å²) in [6, 6.07) is 9.75. The van der Waals surface area contributed by atoms with Crippen LogP contribution in [0.4, 0.5) is 0 Å². The van der Waals surface area contributed by atoms with E-state index < -0.39 is 12.1 Å². The lowest BCUT2D eigenvalue weighted by molar-refractivity contribution is -0.125. The molecule has 2 amide bonds. The third kappa shape index (κ3) is 4.15. The smallest absolute Gasteiger partial charge is 0.256 e. The zero-order chi connectivity index (χ0) is 17.8. The van der Waals surface area contributed by atoms with Gasteiger partial charge in [0.1, 0.15) is 6.04 Å². The number of halogens is 1. The van der Waals surface area contributed by atoms with Gasteiger partial charge in [0.05, 0.1) is 11.7 Å². The second kappa shape index (κ2) is 7.63. The molecule has 1 aromatic heterocycles. The molecule has 0 unspecified atom stereocenters. The van der Waals surface area contributed by atoms with Gasteiger partial charge in [-0.05, 0) is 29.8 Å². The molecule has 2 heterocycles. The standard InChI is InChI=1S/C18H18ClN3O3/c19-14-5-3-12(4-6-14)9-21-17(24)16-8-15(23)11-22(16)18(25)13-2-1-7-20-10-13/h1-7,10,15-16,23H,8-9,11H2,(H,21,24)/t15-,16+/m1/s1. The molecule has 0 aliphatic carbocycles. The molecule has 6 nitrogen and oxygen atoms in total. The summed E-state index contributed by atoms with van der Waals surface area (Å²) in [5.41, 5.74) is 1.30. The van der Waals surface area contributed by atoms with Crippen LogP contribution in [-0.2, 0) is 11.3 Å². The number of rotatable bonds is 4. The van der Waals surface area contributed by atoms with Crippen LogP contribution >= 0.6 is 11.6 Å². The van der Waals surface area contributed by atoms with Crippen LogP contribution in [0.15, 0.2) is 48.8 Å². The van der Waals surface area contributed by atoms with E-state index in [-0.39, 0.29) is 24.8 Å². The zero-order valence-electron chi connectivity index (χ0n) is 13.4. The summed E-state index contributed by atoms with van der Waals surface area (Å²) in [4.78, 5) is 30.4. The Morgan fingerprint density at radius 2 is 2.04 bits per heavy atom. The van der Waals surface area contributed by atoms with Crippen molar-refractivity contribution in [3.05, 3.63) is 64.9 Å². The molecule has 1 aliphatic rings. The van der Waals surface area contributed by atoms with Crippen LogP contribution in [0.5, 0.6) is 0 Å². The number of pyridine rings is 1. The van der Waals surface area contributed by atoms with Crippen molar-refractivity contribution in [2.24, 2.45) is 0 Å². The first kappa shape index (κ1) is 17.4. The number of amides is 2. The molecular weight excluding hydrogens is 342 g/mol. The SMILES string of the molecule is O=C(NCc1ccc(Cl)cc1)[C@@H]1C[C@@H](O)CN1C(=O)c1cccnc1. The predicted octanol–water partition coefficient (Wildman–Crippen LogP) is 1.63. The topological polar surface area (TPSA) is 82.5 Å². The number of hydrogen-bond donors (Lipinski definition) is 2. The summed E-state index contributed by atoms with van der Waals surface area (Å²) in [6.07, 6.45) is 2.53. The van der Waals surface area contributed by atoms with Gasteiger partial charge in [-0.3, -0.25) is 14.6 Å². The third-order valence-corrected chi connectivity index (χ3v) is 4.38. The fraction of sp³-hybridized carbons (Fsp3) is 0.278. The Hall–Kier alpha value is -2.44. The van der Waals surface area contributed by atoms with E-state index in [1.54, 1.807) is 30.5 Å². The lowest BCUT2D eigenvalue weighted by Crippen LogP contribution is -2.45.